The molecule has 0 radical (unpaired) electrons. The van der Waals surface area contributed by atoms with Crippen molar-refractivity contribution in [1.29, 1.82) is 0 Å². The first-order valence-electron chi connectivity index (χ1n) is 6.93. The Morgan fingerprint density at radius 1 is 1.33 bits per heavy atom. The maximum absolute atomic E-state index is 6.20. The van der Waals surface area contributed by atoms with Gasteiger partial charge in [-0.05, 0) is 25.0 Å². The van der Waals surface area contributed by atoms with Crippen LogP contribution in [0.15, 0.2) is 22.7 Å². The lowest BCUT2D eigenvalue weighted by Crippen LogP contribution is -2.33. The summed E-state index contributed by atoms with van der Waals surface area (Å²) < 4.78 is 5.24. The minimum absolute atomic E-state index is 0.350. The minimum Gasteiger partial charge on any atom is -0.389 e. The molecule has 3 heterocycles. The molecule has 3 aromatic rings. The zero-order valence-corrected chi connectivity index (χ0v) is 12.0. The average molecular weight is 301 g/mol. The number of H-pyrrole nitrogens is 1. The van der Waals surface area contributed by atoms with Crippen molar-refractivity contribution in [2.24, 2.45) is 0 Å². The molecule has 1 fully saturated rings. The molecule has 106 valence electrons. The van der Waals surface area contributed by atoms with Gasteiger partial charge in [-0.25, -0.2) is 0 Å². The quantitative estimate of drug-likeness (QED) is 0.789. The molecule has 1 aliphatic heterocycles. The van der Waals surface area contributed by atoms with Gasteiger partial charge < -0.3 is 9.32 Å². The van der Waals surface area contributed by atoms with Crippen LogP contribution in [0.25, 0.3) is 10.9 Å². The van der Waals surface area contributed by atoms with Gasteiger partial charge in [0.15, 0.2) is 0 Å². The van der Waals surface area contributed by atoms with Crippen LogP contribution < -0.4 is 4.90 Å². The van der Waals surface area contributed by atoms with Gasteiger partial charge >= 0.3 is 0 Å². The van der Waals surface area contributed by atoms with Crippen molar-refractivity contribution >= 4 is 28.2 Å². The zero-order chi connectivity index (χ0) is 14.2. The van der Waals surface area contributed by atoms with Crippen molar-refractivity contribution in [1.82, 2.24) is 15.2 Å². The Bertz CT molecular complexity index is 744. The molecule has 0 amide bonds. The highest BCUT2D eigenvalue weighted by Crippen LogP contribution is 2.34. The van der Waals surface area contributed by atoms with E-state index in [9.17, 15) is 0 Å². The number of nitrogens with zero attached hydrogens (tertiary/aromatic N) is 3. The standard InChI is InChI=1S/C15H13ClN4O/c16-11-7-13-12(9-18-19-13)14(8-11)20-4-1-10(2-5-20)15-17-3-6-21-15/h7-10H,1-2,4-5H2,(H,18,19). The van der Waals surface area contributed by atoms with E-state index in [1.54, 1.807) is 0 Å². The number of hydrogen-bond acceptors (Lipinski definition) is 4. The van der Waals surface area contributed by atoms with Gasteiger partial charge in [-0.3, -0.25) is 5.10 Å². The van der Waals surface area contributed by atoms with Gasteiger partial charge in [0, 0.05) is 35.1 Å². The molecule has 0 bridgehead atoms. The van der Waals surface area contributed by atoms with Gasteiger partial charge in [0.1, 0.15) is 6.26 Å². The number of anilines is 1. The molecular formula is C15H13ClN4O. The van der Waals surface area contributed by atoms with Crippen LogP contribution in [-0.2, 0) is 0 Å². The van der Waals surface area contributed by atoms with Gasteiger partial charge in [0.05, 0.1) is 17.9 Å². The highest BCUT2D eigenvalue weighted by molar-refractivity contribution is 6.31. The molecule has 21 heavy (non-hydrogen) atoms. The van der Waals surface area contributed by atoms with Gasteiger partial charge in [0.25, 0.3) is 0 Å². The summed E-state index contributed by atoms with van der Waals surface area (Å²) in [4.78, 5) is 6.44. The summed E-state index contributed by atoms with van der Waals surface area (Å²) in [5.74, 6) is 1.09. The Balaban J connectivity index is 1.59. The summed E-state index contributed by atoms with van der Waals surface area (Å²) in [5.41, 5.74) is 2.10. The predicted molar refractivity (Wildman–Crippen MR) is 79.5 cm³/mol. The Labute approximate surface area is 126 Å². The average Bonchev–Trinajstić information content (AvgIpc) is 3.17. The number of halogens is 1. The monoisotopic (exact) mass is 300 g/mol. The maximum atomic E-state index is 6.20. The number of fused-ring (bicyclic) bond motifs is 1. The molecule has 0 unspecified atom stereocenters. The normalized spacial score (nSPS) is 16.3. The number of hydrogen-bond donors (Lipinski definition) is 1. The number of nitrogens with one attached hydrogen (secondary N) is 1. The molecule has 0 saturated carbocycles. The molecule has 2 aromatic heterocycles. The first-order valence-corrected chi connectivity index (χ1v) is 7.31. The van der Waals surface area contributed by atoms with Crippen LogP contribution in [0.3, 0.4) is 0 Å². The molecule has 1 aromatic carbocycles. The fourth-order valence-electron chi connectivity index (χ4n) is 2.98. The van der Waals surface area contributed by atoms with Gasteiger partial charge in [0.2, 0.25) is 5.89 Å². The molecule has 1 aliphatic rings. The van der Waals surface area contributed by atoms with E-state index in [0.29, 0.717) is 5.92 Å². The van der Waals surface area contributed by atoms with Crippen LogP contribution in [0.5, 0.6) is 0 Å². The van der Waals surface area contributed by atoms with Crippen molar-refractivity contribution in [3.8, 4) is 0 Å². The van der Waals surface area contributed by atoms with E-state index in [1.807, 2.05) is 18.3 Å². The summed E-state index contributed by atoms with van der Waals surface area (Å²) in [6.07, 6.45) is 9.00. The van der Waals surface area contributed by atoms with E-state index in [-0.39, 0.29) is 0 Å². The summed E-state index contributed by atoms with van der Waals surface area (Å²) in [6.45, 7) is 1.88. The molecule has 6 heteroatoms. The van der Waals surface area contributed by atoms with Crippen LogP contribution in [-0.4, -0.2) is 28.3 Å². The number of piperidine rings is 1. The Morgan fingerprint density at radius 3 is 2.95 bits per heavy atom. The Morgan fingerprint density at radius 2 is 2.19 bits per heavy atom. The summed E-state index contributed by atoms with van der Waals surface area (Å²) in [6, 6.07) is 3.91. The molecule has 1 N–H and O–H groups in total. The highest BCUT2D eigenvalue weighted by atomic mass is 35.5. The van der Waals surface area contributed by atoms with Gasteiger partial charge in [-0.15, -0.1) is 0 Å². The van der Waals surface area contributed by atoms with Gasteiger partial charge in [-0.1, -0.05) is 11.6 Å². The second-order valence-corrected chi connectivity index (χ2v) is 5.72. The lowest BCUT2D eigenvalue weighted by Gasteiger charge is -2.32. The van der Waals surface area contributed by atoms with Crippen LogP contribution in [0.4, 0.5) is 5.69 Å². The SMILES string of the molecule is Clc1cc(N2CCC(c3nc#co3)CC2)c2cn[nH]c2c1. The molecule has 5 nitrogen and oxygen atoms in total. The van der Waals surface area contributed by atoms with E-state index >= 15 is 0 Å². The lowest BCUT2D eigenvalue weighted by molar-refractivity contribution is 0.390. The van der Waals surface area contributed by atoms with Crippen LogP contribution in [0.1, 0.15) is 24.7 Å². The van der Waals surface area contributed by atoms with Gasteiger partial charge in [-0.2, -0.15) is 10.1 Å². The van der Waals surface area contributed by atoms with Crippen LogP contribution in [0.2, 0.25) is 5.02 Å². The lowest BCUT2D eigenvalue weighted by atomic mass is 9.96. The third-order valence-electron chi connectivity index (χ3n) is 4.05. The van der Waals surface area contributed by atoms with E-state index in [2.05, 4.69) is 32.5 Å². The number of aromatic amines is 1. The number of aromatic nitrogens is 3. The van der Waals surface area contributed by atoms with E-state index in [1.165, 1.54) is 0 Å². The highest BCUT2D eigenvalue weighted by Gasteiger charge is 2.25. The van der Waals surface area contributed by atoms with Crippen molar-refractivity contribution in [2.75, 3.05) is 18.0 Å². The smallest absolute Gasteiger partial charge is 0.219 e. The van der Waals surface area contributed by atoms with Crippen molar-refractivity contribution in [2.45, 2.75) is 18.8 Å². The van der Waals surface area contributed by atoms with E-state index in [0.717, 1.165) is 53.4 Å². The first kappa shape index (κ1) is 12.5. The second-order valence-electron chi connectivity index (χ2n) is 5.28. The maximum Gasteiger partial charge on any atom is 0.219 e. The van der Waals surface area contributed by atoms with Crippen molar-refractivity contribution in [3.05, 3.63) is 41.7 Å². The fraction of sp³-hybridized carbons (Fsp3) is 0.333. The second kappa shape index (κ2) is 4.97. The van der Waals surface area contributed by atoms with Crippen LogP contribution in [0, 0.1) is 12.5 Å². The fourth-order valence-corrected chi connectivity index (χ4v) is 3.19. The summed E-state index contributed by atoms with van der Waals surface area (Å²) >= 11 is 6.20. The van der Waals surface area contributed by atoms with E-state index in [4.69, 9.17) is 16.0 Å². The number of benzene rings is 1. The summed E-state index contributed by atoms with van der Waals surface area (Å²) in [5, 5.41) is 8.92. The largest absolute Gasteiger partial charge is 0.389 e. The zero-order valence-electron chi connectivity index (χ0n) is 11.3. The third kappa shape index (κ3) is 2.22. The minimum atomic E-state index is 0.350. The van der Waals surface area contributed by atoms with Crippen molar-refractivity contribution < 1.29 is 4.42 Å². The molecular weight excluding hydrogens is 288 g/mol. The number of rotatable bonds is 2. The molecule has 0 spiro atoms. The molecule has 1 saturated heterocycles. The third-order valence-corrected chi connectivity index (χ3v) is 4.27. The Kier molecular flexibility index (Phi) is 2.97. The van der Waals surface area contributed by atoms with Crippen LogP contribution >= 0.6 is 11.6 Å². The summed E-state index contributed by atoms with van der Waals surface area (Å²) in [7, 11) is 0. The molecule has 4 rings (SSSR count). The predicted octanol–water partition coefficient (Wildman–Crippen LogP) is 3.19. The topological polar surface area (TPSA) is 58.0 Å². The molecule has 0 atom stereocenters. The van der Waals surface area contributed by atoms with Crippen molar-refractivity contribution in [3.63, 3.8) is 0 Å². The first-order chi connectivity index (χ1) is 10.3. The van der Waals surface area contributed by atoms with E-state index < -0.39 is 0 Å². The molecule has 0 aliphatic carbocycles. The Hall–Kier alpha value is -2.19.